The first-order chi connectivity index (χ1) is 14.4. The lowest BCUT2D eigenvalue weighted by molar-refractivity contribution is -0.131. The van der Waals surface area contributed by atoms with E-state index in [9.17, 15) is 4.79 Å². The fourth-order valence-corrected chi connectivity index (χ4v) is 5.85. The third-order valence-corrected chi connectivity index (χ3v) is 7.60. The van der Waals surface area contributed by atoms with Crippen molar-refractivity contribution in [3.05, 3.63) is 49.6 Å². The summed E-state index contributed by atoms with van der Waals surface area (Å²) in [7, 11) is 0. The van der Waals surface area contributed by atoms with E-state index < -0.39 is 0 Å². The number of hydrogen-bond acceptors (Lipinski definition) is 5. The predicted molar refractivity (Wildman–Crippen MR) is 126 cm³/mol. The number of thiophene rings is 1. The van der Waals surface area contributed by atoms with Crippen LogP contribution in [0, 0.1) is 5.92 Å². The fraction of sp³-hybridized carbons (Fsp3) is 0.400. The van der Waals surface area contributed by atoms with Crippen LogP contribution in [0.5, 0.6) is 0 Å². The molecule has 4 rings (SSSR count). The molecule has 1 saturated heterocycles. The zero-order valence-electron chi connectivity index (χ0n) is 16.2. The largest absolute Gasteiger partial charge is 0.299 e. The van der Waals surface area contributed by atoms with Gasteiger partial charge in [-0.15, -0.1) is 11.3 Å². The number of carbonyl (C=O) groups is 1. The average Bonchev–Trinajstić information content (AvgIpc) is 3.30. The Balaban J connectivity index is 1.70. The molecule has 0 aliphatic carbocycles. The topological polar surface area (TPSA) is 39.2 Å². The first kappa shape index (κ1) is 22.2. The van der Waals surface area contributed by atoms with Crippen LogP contribution >= 0.6 is 57.9 Å². The molecule has 0 unspecified atom stereocenters. The molecule has 1 fully saturated rings. The van der Waals surface area contributed by atoms with Crippen LogP contribution in [0.3, 0.4) is 0 Å². The Bertz CT molecular complexity index is 975. The molecule has 0 radical (unpaired) electrons. The molecule has 0 bridgehead atoms. The molecule has 5 nitrogen and oxygen atoms in total. The Morgan fingerprint density at radius 3 is 2.50 bits per heavy atom. The van der Waals surface area contributed by atoms with Gasteiger partial charge in [0.05, 0.1) is 21.1 Å². The van der Waals surface area contributed by atoms with Crippen LogP contribution in [0.2, 0.25) is 14.4 Å². The molecule has 1 aromatic carbocycles. The van der Waals surface area contributed by atoms with Crippen molar-refractivity contribution < 1.29 is 4.79 Å². The van der Waals surface area contributed by atoms with E-state index in [1.165, 1.54) is 15.9 Å². The third kappa shape index (κ3) is 4.31. The SMILES string of the molecule is C[C@@H]1C(C(=O)N(Cl)N2CCCCC2)=NN(c2ccc(Cl)cc2Cl)[C@@H]1c1ccc(Cl)s1. The summed E-state index contributed by atoms with van der Waals surface area (Å²) in [5, 5.41) is 9.33. The number of hydrazine groups is 1. The number of amides is 1. The molecule has 30 heavy (non-hydrogen) atoms. The van der Waals surface area contributed by atoms with Gasteiger partial charge in [0, 0.05) is 40.7 Å². The number of hydrogen-bond donors (Lipinski definition) is 0. The van der Waals surface area contributed by atoms with E-state index in [1.807, 2.05) is 24.1 Å². The van der Waals surface area contributed by atoms with Gasteiger partial charge in [0.25, 0.3) is 5.91 Å². The number of hydrazone groups is 1. The van der Waals surface area contributed by atoms with Crippen LogP contribution in [0.15, 0.2) is 35.4 Å². The van der Waals surface area contributed by atoms with Gasteiger partial charge < -0.3 is 0 Å². The quantitative estimate of drug-likeness (QED) is 0.437. The van der Waals surface area contributed by atoms with E-state index in [-0.39, 0.29) is 17.9 Å². The van der Waals surface area contributed by atoms with Crippen LogP contribution in [0.4, 0.5) is 5.69 Å². The van der Waals surface area contributed by atoms with Crippen molar-refractivity contribution in [1.29, 1.82) is 0 Å². The van der Waals surface area contributed by atoms with Gasteiger partial charge in [-0.25, -0.2) is 5.01 Å². The van der Waals surface area contributed by atoms with Gasteiger partial charge in [0.2, 0.25) is 0 Å². The van der Waals surface area contributed by atoms with Crippen molar-refractivity contribution in [2.45, 2.75) is 32.2 Å². The number of carbonyl (C=O) groups excluding carboxylic acids is 1. The first-order valence-corrected chi connectivity index (χ1v) is 12.0. The summed E-state index contributed by atoms with van der Waals surface area (Å²) in [5.41, 5.74) is 1.06. The summed E-state index contributed by atoms with van der Waals surface area (Å²) in [6.07, 6.45) is 3.18. The van der Waals surface area contributed by atoms with Crippen LogP contribution in [0.1, 0.15) is 37.1 Å². The number of benzene rings is 1. The number of halogens is 4. The minimum absolute atomic E-state index is 0.218. The second-order valence-electron chi connectivity index (χ2n) is 7.38. The Kier molecular flexibility index (Phi) is 6.82. The van der Waals surface area contributed by atoms with Gasteiger partial charge in [0.15, 0.2) is 0 Å². The van der Waals surface area contributed by atoms with Crippen molar-refractivity contribution in [2.24, 2.45) is 11.0 Å². The summed E-state index contributed by atoms with van der Waals surface area (Å²) in [6, 6.07) is 8.79. The number of anilines is 1. The van der Waals surface area contributed by atoms with Crippen molar-refractivity contribution in [2.75, 3.05) is 18.1 Å². The van der Waals surface area contributed by atoms with E-state index in [1.54, 1.807) is 23.2 Å². The van der Waals surface area contributed by atoms with E-state index in [0.29, 0.717) is 25.8 Å². The van der Waals surface area contributed by atoms with Crippen LogP contribution in [-0.4, -0.2) is 34.2 Å². The maximum Gasteiger partial charge on any atom is 0.299 e. The highest BCUT2D eigenvalue weighted by atomic mass is 35.5. The first-order valence-electron chi connectivity index (χ1n) is 9.70. The minimum Gasteiger partial charge on any atom is -0.265 e. The summed E-state index contributed by atoms with van der Waals surface area (Å²) in [6.45, 7) is 3.49. The molecular formula is C20H20Cl4N4OS. The molecule has 160 valence electrons. The van der Waals surface area contributed by atoms with Gasteiger partial charge in [-0.3, -0.25) is 9.80 Å². The molecule has 2 aliphatic heterocycles. The van der Waals surface area contributed by atoms with Crippen molar-refractivity contribution in [3.63, 3.8) is 0 Å². The minimum atomic E-state index is -0.314. The molecule has 2 atom stereocenters. The van der Waals surface area contributed by atoms with E-state index >= 15 is 0 Å². The van der Waals surface area contributed by atoms with Crippen molar-refractivity contribution in [3.8, 4) is 0 Å². The van der Waals surface area contributed by atoms with E-state index in [2.05, 4.69) is 0 Å². The Hall–Kier alpha value is -1.02. The van der Waals surface area contributed by atoms with E-state index in [4.69, 9.17) is 51.7 Å². The van der Waals surface area contributed by atoms with Crippen LogP contribution < -0.4 is 5.01 Å². The van der Waals surface area contributed by atoms with Crippen LogP contribution in [0.25, 0.3) is 0 Å². The summed E-state index contributed by atoms with van der Waals surface area (Å²) in [4.78, 5) is 14.3. The lowest BCUT2D eigenvalue weighted by atomic mass is 9.95. The summed E-state index contributed by atoms with van der Waals surface area (Å²) in [5.74, 6) is -0.531. The number of nitrogens with zero attached hydrogens (tertiary/aromatic N) is 4. The Labute approximate surface area is 199 Å². The second kappa shape index (κ2) is 9.23. The smallest absolute Gasteiger partial charge is 0.265 e. The number of rotatable bonds is 4. The molecular weight excluding hydrogens is 486 g/mol. The molecule has 2 aliphatic rings. The monoisotopic (exact) mass is 504 g/mol. The van der Waals surface area contributed by atoms with Gasteiger partial charge in [-0.1, -0.05) is 48.1 Å². The molecule has 10 heteroatoms. The van der Waals surface area contributed by atoms with Crippen LogP contribution in [-0.2, 0) is 4.79 Å². The maximum absolute atomic E-state index is 13.3. The average molecular weight is 506 g/mol. The van der Waals surface area contributed by atoms with Gasteiger partial charge in [-0.2, -0.15) is 9.63 Å². The molecule has 3 heterocycles. The molecule has 0 spiro atoms. The van der Waals surface area contributed by atoms with E-state index in [0.717, 1.165) is 37.2 Å². The molecule has 0 N–H and O–H groups in total. The van der Waals surface area contributed by atoms with Gasteiger partial charge >= 0.3 is 0 Å². The lowest BCUT2D eigenvalue weighted by Gasteiger charge is -2.32. The Morgan fingerprint density at radius 1 is 1.13 bits per heavy atom. The van der Waals surface area contributed by atoms with Crippen molar-refractivity contribution >= 4 is 75.2 Å². The molecule has 1 amide bonds. The standard InChI is InChI=1S/C20H20Cl4N4OS/c1-12-18(20(29)28(24)26-9-3-2-4-10-26)25-27(15-6-5-13(21)11-14(15)22)19(12)16-7-8-17(23)30-16/h5-8,11-12,19H,2-4,9-10H2,1H3/t12-,19+/m1/s1. The highest BCUT2D eigenvalue weighted by molar-refractivity contribution is 7.16. The van der Waals surface area contributed by atoms with Crippen molar-refractivity contribution in [1.82, 2.24) is 9.54 Å². The fourth-order valence-electron chi connectivity index (χ4n) is 3.87. The lowest BCUT2D eigenvalue weighted by Crippen LogP contribution is -2.46. The predicted octanol–water partition coefficient (Wildman–Crippen LogP) is 6.65. The van der Waals surface area contributed by atoms with Gasteiger partial charge in [-0.05, 0) is 43.2 Å². The third-order valence-electron chi connectivity index (χ3n) is 5.39. The normalized spacial score (nSPS) is 22.3. The molecule has 1 aromatic heterocycles. The molecule has 2 aromatic rings. The maximum atomic E-state index is 13.3. The molecule has 0 saturated carbocycles. The zero-order chi connectivity index (χ0) is 21.4. The zero-order valence-corrected chi connectivity index (χ0v) is 20.0. The Morgan fingerprint density at radius 2 is 1.87 bits per heavy atom. The second-order valence-corrected chi connectivity index (χ2v) is 10.3. The summed E-state index contributed by atoms with van der Waals surface area (Å²) >= 11 is 26.7. The number of piperidine rings is 1. The summed E-state index contributed by atoms with van der Waals surface area (Å²) < 4.78 is 1.87. The highest BCUT2D eigenvalue weighted by Gasteiger charge is 2.43. The van der Waals surface area contributed by atoms with Gasteiger partial charge in [0.1, 0.15) is 5.71 Å². The highest BCUT2D eigenvalue weighted by Crippen LogP contribution is 2.45.